The number of amides is 1. The second kappa shape index (κ2) is 8.57. The Morgan fingerprint density at radius 1 is 1.19 bits per heavy atom. The second-order valence-electron chi connectivity index (χ2n) is 4.74. The fraction of sp³-hybridized carbons (Fsp3) is 0.923. The molecule has 0 radical (unpaired) electrons. The maximum Gasteiger partial charge on any atom is 0.221 e. The standard InChI is InChI=1S/C13H26N2O/c1-2-3-10-15-13(16)9-11-14-12-7-5-4-6-8-12/h12,14H,2-11H2,1H3,(H,15,16). The third-order valence-corrected chi connectivity index (χ3v) is 3.24. The SMILES string of the molecule is CCCCNC(=O)CCNC1CCCCC1. The molecule has 0 aromatic rings. The van der Waals surface area contributed by atoms with Crippen molar-refractivity contribution in [3.63, 3.8) is 0 Å². The second-order valence-corrected chi connectivity index (χ2v) is 4.74. The van der Waals surface area contributed by atoms with Gasteiger partial charge in [-0.05, 0) is 19.3 Å². The van der Waals surface area contributed by atoms with Crippen LogP contribution in [0.4, 0.5) is 0 Å². The van der Waals surface area contributed by atoms with Gasteiger partial charge in [-0.25, -0.2) is 0 Å². The van der Waals surface area contributed by atoms with Crippen LogP contribution in [0.3, 0.4) is 0 Å². The zero-order valence-corrected chi connectivity index (χ0v) is 10.6. The largest absolute Gasteiger partial charge is 0.356 e. The Balaban J connectivity index is 1.94. The highest BCUT2D eigenvalue weighted by Gasteiger charge is 2.12. The minimum absolute atomic E-state index is 0.191. The van der Waals surface area contributed by atoms with E-state index in [4.69, 9.17) is 0 Å². The van der Waals surface area contributed by atoms with E-state index < -0.39 is 0 Å². The first-order valence-corrected chi connectivity index (χ1v) is 6.83. The first kappa shape index (κ1) is 13.5. The van der Waals surface area contributed by atoms with Crippen LogP contribution < -0.4 is 10.6 Å². The van der Waals surface area contributed by atoms with Crippen LogP contribution in [0.25, 0.3) is 0 Å². The van der Waals surface area contributed by atoms with Gasteiger partial charge >= 0.3 is 0 Å². The third kappa shape index (κ3) is 6.11. The van der Waals surface area contributed by atoms with Crippen molar-refractivity contribution in [1.29, 1.82) is 0 Å². The van der Waals surface area contributed by atoms with Gasteiger partial charge in [0.1, 0.15) is 0 Å². The van der Waals surface area contributed by atoms with Crippen LogP contribution in [-0.2, 0) is 4.79 Å². The molecule has 1 fully saturated rings. The van der Waals surface area contributed by atoms with Crippen molar-refractivity contribution in [1.82, 2.24) is 10.6 Å². The number of hydrogen-bond donors (Lipinski definition) is 2. The predicted molar refractivity (Wildman–Crippen MR) is 67.4 cm³/mol. The van der Waals surface area contributed by atoms with Crippen molar-refractivity contribution in [3.05, 3.63) is 0 Å². The Bertz CT molecular complexity index is 188. The first-order chi connectivity index (χ1) is 7.83. The normalized spacial score (nSPS) is 17.3. The molecular weight excluding hydrogens is 200 g/mol. The summed E-state index contributed by atoms with van der Waals surface area (Å²) >= 11 is 0. The number of unbranched alkanes of at least 4 members (excludes halogenated alkanes) is 1. The van der Waals surface area contributed by atoms with Gasteiger partial charge < -0.3 is 10.6 Å². The van der Waals surface area contributed by atoms with Gasteiger partial charge in [-0.2, -0.15) is 0 Å². The summed E-state index contributed by atoms with van der Waals surface area (Å²) in [5.41, 5.74) is 0. The van der Waals surface area contributed by atoms with Gasteiger partial charge in [0, 0.05) is 25.6 Å². The van der Waals surface area contributed by atoms with E-state index in [1.807, 2.05) is 0 Å². The van der Waals surface area contributed by atoms with Crippen LogP contribution in [0.2, 0.25) is 0 Å². The summed E-state index contributed by atoms with van der Waals surface area (Å²) in [5.74, 6) is 0.191. The molecule has 1 amide bonds. The highest BCUT2D eigenvalue weighted by Crippen LogP contribution is 2.17. The molecule has 0 heterocycles. The van der Waals surface area contributed by atoms with Crippen LogP contribution in [0.5, 0.6) is 0 Å². The number of carbonyl (C=O) groups is 1. The molecule has 0 aromatic heterocycles. The van der Waals surface area contributed by atoms with Crippen molar-refractivity contribution >= 4 is 5.91 Å². The monoisotopic (exact) mass is 226 g/mol. The summed E-state index contributed by atoms with van der Waals surface area (Å²) in [6, 6.07) is 0.664. The molecule has 1 rings (SSSR count). The van der Waals surface area contributed by atoms with Crippen molar-refractivity contribution < 1.29 is 4.79 Å². The average molecular weight is 226 g/mol. The Kier molecular flexibility index (Phi) is 7.23. The Hall–Kier alpha value is -0.570. The number of rotatable bonds is 7. The number of nitrogens with one attached hydrogen (secondary N) is 2. The molecule has 16 heavy (non-hydrogen) atoms. The maximum absolute atomic E-state index is 11.4. The molecule has 94 valence electrons. The topological polar surface area (TPSA) is 41.1 Å². The summed E-state index contributed by atoms with van der Waals surface area (Å²) in [6.07, 6.45) is 9.51. The summed E-state index contributed by atoms with van der Waals surface area (Å²) < 4.78 is 0. The molecule has 0 atom stereocenters. The van der Waals surface area contributed by atoms with E-state index in [9.17, 15) is 4.79 Å². The smallest absolute Gasteiger partial charge is 0.221 e. The van der Waals surface area contributed by atoms with Gasteiger partial charge in [0.2, 0.25) is 5.91 Å². The molecule has 0 bridgehead atoms. The lowest BCUT2D eigenvalue weighted by Gasteiger charge is -2.22. The molecule has 0 aromatic carbocycles. The Morgan fingerprint density at radius 2 is 1.94 bits per heavy atom. The molecule has 3 heteroatoms. The predicted octanol–water partition coefficient (Wildman–Crippen LogP) is 2.22. The summed E-state index contributed by atoms with van der Waals surface area (Å²) in [4.78, 5) is 11.4. The molecule has 0 unspecified atom stereocenters. The number of hydrogen-bond acceptors (Lipinski definition) is 2. The van der Waals surface area contributed by atoms with Crippen molar-refractivity contribution in [2.24, 2.45) is 0 Å². The fourth-order valence-electron chi connectivity index (χ4n) is 2.19. The van der Waals surface area contributed by atoms with E-state index in [0.717, 1.165) is 25.9 Å². The molecule has 1 saturated carbocycles. The maximum atomic E-state index is 11.4. The average Bonchev–Trinajstić information content (AvgIpc) is 2.31. The Labute approximate surface area is 99.4 Å². The van der Waals surface area contributed by atoms with Gasteiger partial charge in [0.25, 0.3) is 0 Å². The summed E-state index contributed by atoms with van der Waals surface area (Å²) in [5, 5.41) is 6.42. The highest BCUT2D eigenvalue weighted by atomic mass is 16.1. The quantitative estimate of drug-likeness (QED) is 0.654. The minimum atomic E-state index is 0.191. The molecule has 2 N–H and O–H groups in total. The lowest BCUT2D eigenvalue weighted by molar-refractivity contribution is -0.121. The van der Waals surface area contributed by atoms with Crippen molar-refractivity contribution in [3.8, 4) is 0 Å². The molecule has 1 aliphatic carbocycles. The van der Waals surface area contributed by atoms with Gasteiger partial charge in [-0.1, -0.05) is 32.6 Å². The lowest BCUT2D eigenvalue weighted by atomic mass is 9.95. The summed E-state index contributed by atoms with van der Waals surface area (Å²) in [6.45, 7) is 3.80. The van der Waals surface area contributed by atoms with Crippen LogP contribution >= 0.6 is 0 Å². The van der Waals surface area contributed by atoms with E-state index in [1.165, 1.54) is 32.1 Å². The van der Waals surface area contributed by atoms with E-state index >= 15 is 0 Å². The van der Waals surface area contributed by atoms with Gasteiger partial charge in [0.05, 0.1) is 0 Å². The van der Waals surface area contributed by atoms with Crippen LogP contribution in [0.1, 0.15) is 58.3 Å². The van der Waals surface area contributed by atoms with Crippen molar-refractivity contribution in [2.45, 2.75) is 64.3 Å². The van der Waals surface area contributed by atoms with Gasteiger partial charge in [0.15, 0.2) is 0 Å². The van der Waals surface area contributed by atoms with Crippen LogP contribution in [0, 0.1) is 0 Å². The minimum Gasteiger partial charge on any atom is -0.356 e. The van der Waals surface area contributed by atoms with E-state index in [-0.39, 0.29) is 5.91 Å². The van der Waals surface area contributed by atoms with Gasteiger partial charge in [-0.3, -0.25) is 4.79 Å². The van der Waals surface area contributed by atoms with E-state index in [1.54, 1.807) is 0 Å². The third-order valence-electron chi connectivity index (χ3n) is 3.24. The Morgan fingerprint density at radius 3 is 2.62 bits per heavy atom. The molecule has 0 aliphatic heterocycles. The zero-order valence-electron chi connectivity index (χ0n) is 10.6. The first-order valence-electron chi connectivity index (χ1n) is 6.83. The highest BCUT2D eigenvalue weighted by molar-refractivity contribution is 5.75. The molecule has 0 spiro atoms. The van der Waals surface area contributed by atoms with Crippen molar-refractivity contribution in [2.75, 3.05) is 13.1 Å². The zero-order chi connectivity index (χ0) is 11.6. The molecule has 1 aliphatic rings. The van der Waals surface area contributed by atoms with Crippen LogP contribution in [-0.4, -0.2) is 25.0 Å². The fourth-order valence-corrected chi connectivity index (χ4v) is 2.19. The molecule has 0 saturated heterocycles. The lowest BCUT2D eigenvalue weighted by Crippen LogP contribution is -2.35. The molecular formula is C13H26N2O. The number of carbonyl (C=O) groups excluding carboxylic acids is 1. The summed E-state index contributed by atoms with van der Waals surface area (Å²) in [7, 11) is 0. The van der Waals surface area contributed by atoms with E-state index in [2.05, 4.69) is 17.6 Å². The molecule has 3 nitrogen and oxygen atoms in total. The van der Waals surface area contributed by atoms with Gasteiger partial charge in [-0.15, -0.1) is 0 Å². The van der Waals surface area contributed by atoms with E-state index in [0.29, 0.717) is 12.5 Å². The van der Waals surface area contributed by atoms with Crippen LogP contribution in [0.15, 0.2) is 0 Å².